The number of aromatic nitrogens is 2. The molecule has 1 amide bonds. The summed E-state index contributed by atoms with van der Waals surface area (Å²) in [7, 11) is -1.43. The van der Waals surface area contributed by atoms with E-state index in [0.29, 0.717) is 12.1 Å². The van der Waals surface area contributed by atoms with Crippen LogP contribution in [0.5, 0.6) is 0 Å². The van der Waals surface area contributed by atoms with E-state index >= 15 is 0 Å². The predicted octanol–water partition coefficient (Wildman–Crippen LogP) is -0.363. The fourth-order valence-corrected chi connectivity index (χ4v) is 3.61. The zero-order chi connectivity index (χ0) is 12.6. The highest BCUT2D eigenvalue weighted by Crippen LogP contribution is 2.18. The molecule has 7 nitrogen and oxygen atoms in total. The third-order valence-electron chi connectivity index (χ3n) is 2.93. The SMILES string of the molecule is Cc1nonc1C(=O)N(C)C1CCS(=O)(=O)C1. The number of amides is 1. The second-order valence-corrected chi connectivity index (χ2v) is 6.40. The monoisotopic (exact) mass is 259 g/mol. The number of aryl methyl sites for hydroxylation is 1. The Labute approximate surface area is 98.7 Å². The Bertz CT molecular complexity index is 536. The van der Waals surface area contributed by atoms with Crippen LogP contribution in [-0.4, -0.2) is 54.1 Å². The van der Waals surface area contributed by atoms with E-state index in [1.54, 1.807) is 14.0 Å². The second kappa shape index (κ2) is 4.10. The summed E-state index contributed by atoms with van der Waals surface area (Å²) in [4.78, 5) is 13.4. The topological polar surface area (TPSA) is 93.4 Å². The molecule has 8 heteroatoms. The second-order valence-electron chi connectivity index (χ2n) is 4.17. The van der Waals surface area contributed by atoms with Gasteiger partial charge in [0.2, 0.25) is 0 Å². The zero-order valence-corrected chi connectivity index (χ0v) is 10.4. The Morgan fingerprint density at radius 2 is 2.18 bits per heavy atom. The van der Waals surface area contributed by atoms with Gasteiger partial charge in [0.1, 0.15) is 5.69 Å². The van der Waals surface area contributed by atoms with Crippen molar-refractivity contribution in [1.82, 2.24) is 15.2 Å². The summed E-state index contributed by atoms with van der Waals surface area (Å²) in [5.41, 5.74) is 0.541. The largest absolute Gasteiger partial charge is 0.336 e. The average Bonchev–Trinajstić information content (AvgIpc) is 2.82. The first-order valence-corrected chi connectivity index (χ1v) is 6.99. The van der Waals surface area contributed by atoms with Crippen LogP contribution in [0.25, 0.3) is 0 Å². The number of carbonyl (C=O) groups excluding carboxylic acids is 1. The van der Waals surface area contributed by atoms with E-state index in [1.165, 1.54) is 4.90 Å². The van der Waals surface area contributed by atoms with E-state index < -0.39 is 9.84 Å². The maximum Gasteiger partial charge on any atom is 0.278 e. The van der Waals surface area contributed by atoms with Gasteiger partial charge in [-0.05, 0) is 18.5 Å². The molecule has 1 aromatic rings. The van der Waals surface area contributed by atoms with Crippen molar-refractivity contribution >= 4 is 15.7 Å². The number of rotatable bonds is 2. The highest BCUT2D eigenvalue weighted by Gasteiger charge is 2.34. The molecule has 1 unspecified atom stereocenters. The van der Waals surface area contributed by atoms with Crippen molar-refractivity contribution < 1.29 is 17.8 Å². The van der Waals surface area contributed by atoms with Crippen molar-refractivity contribution in [3.05, 3.63) is 11.4 Å². The van der Waals surface area contributed by atoms with Crippen molar-refractivity contribution in [3.8, 4) is 0 Å². The molecule has 1 aromatic heterocycles. The van der Waals surface area contributed by atoms with Crippen LogP contribution in [0.15, 0.2) is 4.63 Å². The van der Waals surface area contributed by atoms with Crippen LogP contribution in [0.2, 0.25) is 0 Å². The Morgan fingerprint density at radius 3 is 2.65 bits per heavy atom. The van der Waals surface area contributed by atoms with Crippen LogP contribution >= 0.6 is 0 Å². The molecular formula is C9H13N3O4S. The molecule has 1 fully saturated rings. The third kappa shape index (κ3) is 2.31. The van der Waals surface area contributed by atoms with Crippen molar-refractivity contribution in [3.63, 3.8) is 0 Å². The van der Waals surface area contributed by atoms with Gasteiger partial charge in [0.15, 0.2) is 15.5 Å². The van der Waals surface area contributed by atoms with Gasteiger partial charge >= 0.3 is 0 Å². The van der Waals surface area contributed by atoms with E-state index in [4.69, 9.17) is 0 Å². The number of sulfone groups is 1. The Kier molecular flexibility index (Phi) is 2.90. The number of hydrogen-bond donors (Lipinski definition) is 0. The van der Waals surface area contributed by atoms with Crippen molar-refractivity contribution in [2.24, 2.45) is 0 Å². The molecule has 0 spiro atoms. The van der Waals surface area contributed by atoms with Gasteiger partial charge in [-0.25, -0.2) is 13.0 Å². The number of carbonyl (C=O) groups is 1. The third-order valence-corrected chi connectivity index (χ3v) is 4.68. The molecule has 0 bridgehead atoms. The highest BCUT2D eigenvalue weighted by molar-refractivity contribution is 7.91. The molecule has 0 radical (unpaired) electrons. The van der Waals surface area contributed by atoms with Gasteiger partial charge in [0.25, 0.3) is 5.91 Å². The lowest BCUT2D eigenvalue weighted by Gasteiger charge is -2.22. The van der Waals surface area contributed by atoms with Crippen LogP contribution in [0.4, 0.5) is 0 Å². The summed E-state index contributed by atoms with van der Waals surface area (Å²) in [5.74, 6) is -0.212. The highest BCUT2D eigenvalue weighted by atomic mass is 32.2. The maximum atomic E-state index is 12.0. The fraction of sp³-hybridized carbons (Fsp3) is 0.667. The lowest BCUT2D eigenvalue weighted by Crippen LogP contribution is -2.38. The van der Waals surface area contributed by atoms with E-state index in [-0.39, 0.29) is 29.1 Å². The zero-order valence-electron chi connectivity index (χ0n) is 9.58. The molecule has 1 aliphatic heterocycles. The Morgan fingerprint density at radius 1 is 1.47 bits per heavy atom. The predicted molar refractivity (Wildman–Crippen MR) is 58.2 cm³/mol. The van der Waals surface area contributed by atoms with Gasteiger partial charge in [0, 0.05) is 13.1 Å². The van der Waals surface area contributed by atoms with Crippen molar-refractivity contribution in [2.75, 3.05) is 18.6 Å². The van der Waals surface area contributed by atoms with Crippen LogP contribution in [-0.2, 0) is 9.84 Å². The summed E-state index contributed by atoms with van der Waals surface area (Å²) in [5, 5.41) is 7.04. The lowest BCUT2D eigenvalue weighted by atomic mass is 10.2. The van der Waals surface area contributed by atoms with Crippen molar-refractivity contribution in [1.29, 1.82) is 0 Å². The minimum Gasteiger partial charge on any atom is -0.336 e. The van der Waals surface area contributed by atoms with E-state index in [1.807, 2.05) is 0 Å². The summed E-state index contributed by atoms with van der Waals surface area (Å²) in [6, 6.07) is -0.288. The molecule has 94 valence electrons. The molecule has 2 heterocycles. The smallest absolute Gasteiger partial charge is 0.278 e. The Balaban J connectivity index is 2.14. The van der Waals surface area contributed by atoms with Crippen LogP contribution in [0, 0.1) is 6.92 Å². The van der Waals surface area contributed by atoms with Gasteiger partial charge < -0.3 is 4.90 Å². The molecule has 1 aliphatic rings. The van der Waals surface area contributed by atoms with Crippen molar-refractivity contribution in [2.45, 2.75) is 19.4 Å². The normalized spacial score (nSPS) is 22.6. The molecule has 0 aliphatic carbocycles. The first-order valence-electron chi connectivity index (χ1n) is 5.17. The minimum atomic E-state index is -3.01. The van der Waals surface area contributed by atoms with Gasteiger partial charge in [-0.2, -0.15) is 0 Å². The van der Waals surface area contributed by atoms with Gasteiger partial charge in [-0.15, -0.1) is 0 Å². The molecule has 0 saturated carbocycles. The average molecular weight is 259 g/mol. The summed E-state index contributed by atoms with van der Waals surface area (Å²) >= 11 is 0. The van der Waals surface area contributed by atoms with Gasteiger partial charge in [-0.1, -0.05) is 5.16 Å². The number of nitrogens with zero attached hydrogens (tertiary/aromatic N) is 3. The number of hydrogen-bond acceptors (Lipinski definition) is 6. The van der Waals surface area contributed by atoms with Gasteiger partial charge in [-0.3, -0.25) is 4.79 Å². The van der Waals surface area contributed by atoms with Crippen LogP contribution < -0.4 is 0 Å². The minimum absolute atomic E-state index is 0.0135. The standard InChI is InChI=1S/C9H13N3O4S/c1-6-8(11-16-10-6)9(13)12(2)7-3-4-17(14,15)5-7/h7H,3-5H2,1-2H3. The first-order chi connectivity index (χ1) is 7.91. The maximum absolute atomic E-state index is 12.0. The molecule has 1 atom stereocenters. The molecule has 0 aromatic carbocycles. The summed E-state index contributed by atoms with van der Waals surface area (Å²) in [6.07, 6.45) is 0.467. The molecule has 2 rings (SSSR count). The summed E-state index contributed by atoms with van der Waals surface area (Å²) < 4.78 is 27.1. The first kappa shape index (κ1) is 12.0. The van der Waals surface area contributed by atoms with E-state index in [2.05, 4.69) is 14.9 Å². The quantitative estimate of drug-likeness (QED) is 0.719. The molecule has 17 heavy (non-hydrogen) atoms. The van der Waals surface area contributed by atoms with E-state index in [0.717, 1.165) is 0 Å². The van der Waals surface area contributed by atoms with Crippen LogP contribution in [0.3, 0.4) is 0 Å². The van der Waals surface area contributed by atoms with Crippen LogP contribution in [0.1, 0.15) is 22.6 Å². The molecular weight excluding hydrogens is 246 g/mol. The molecule has 0 N–H and O–H groups in total. The lowest BCUT2D eigenvalue weighted by molar-refractivity contribution is 0.0736. The Hall–Kier alpha value is -1.44. The van der Waals surface area contributed by atoms with Gasteiger partial charge in [0.05, 0.1) is 11.5 Å². The van der Waals surface area contributed by atoms with E-state index in [9.17, 15) is 13.2 Å². The molecule has 1 saturated heterocycles. The fourth-order valence-electron chi connectivity index (χ4n) is 1.84. The summed E-state index contributed by atoms with van der Waals surface area (Å²) in [6.45, 7) is 1.61.